The summed E-state index contributed by atoms with van der Waals surface area (Å²) in [5, 5.41) is 10.0. The fourth-order valence-electron chi connectivity index (χ4n) is 2.87. The lowest BCUT2D eigenvalue weighted by Crippen LogP contribution is -2.31. The Kier molecular flexibility index (Phi) is 7.57. The first-order valence-electron chi connectivity index (χ1n) is 8.92. The second-order valence-corrected chi connectivity index (χ2v) is 9.68. The standard InChI is InChI=1S/C16H22BrFN6O2S2/c17-12-7-15(28(25,26)24-16-22-10-23-27-16)13(18)8-14(12)21-5-2-1-4-20-11-3-6-19-9-11/h7-8,10-11,19-21H,1-6,9H2,(H,22,23,24)/t11-/m0/s1. The normalized spacial score (nSPS) is 17.0. The summed E-state index contributed by atoms with van der Waals surface area (Å²) < 4.78 is 45.6. The molecule has 1 aromatic carbocycles. The highest BCUT2D eigenvalue weighted by molar-refractivity contribution is 9.10. The van der Waals surface area contributed by atoms with Crippen molar-refractivity contribution in [2.24, 2.45) is 0 Å². The van der Waals surface area contributed by atoms with Crippen LogP contribution in [0.25, 0.3) is 0 Å². The first kappa shape index (κ1) is 21.4. The molecule has 0 unspecified atom stereocenters. The number of unbranched alkanes of at least 4 members (excludes halogenated alkanes) is 1. The molecular weight excluding hydrogens is 471 g/mol. The molecule has 0 radical (unpaired) electrons. The van der Waals surface area contributed by atoms with E-state index in [1.165, 1.54) is 18.5 Å². The van der Waals surface area contributed by atoms with E-state index in [1.807, 2.05) is 0 Å². The van der Waals surface area contributed by atoms with Gasteiger partial charge in [0.2, 0.25) is 5.13 Å². The van der Waals surface area contributed by atoms with Crippen molar-refractivity contribution in [3.05, 3.63) is 28.7 Å². The Balaban J connectivity index is 1.51. The maximum Gasteiger partial charge on any atom is 0.266 e. The van der Waals surface area contributed by atoms with Crippen molar-refractivity contribution in [2.75, 3.05) is 36.2 Å². The largest absolute Gasteiger partial charge is 0.384 e. The zero-order chi connectivity index (χ0) is 20.0. The van der Waals surface area contributed by atoms with Gasteiger partial charge in [-0.1, -0.05) is 0 Å². The number of rotatable bonds is 10. The number of anilines is 2. The maximum atomic E-state index is 14.4. The average Bonchev–Trinajstić information content (AvgIpc) is 3.34. The molecule has 154 valence electrons. The first-order valence-corrected chi connectivity index (χ1v) is 12.0. The highest BCUT2D eigenvalue weighted by atomic mass is 79.9. The van der Waals surface area contributed by atoms with E-state index < -0.39 is 20.7 Å². The third-order valence-corrected chi connectivity index (χ3v) is 7.03. The van der Waals surface area contributed by atoms with Gasteiger partial charge in [-0.15, -0.1) is 0 Å². The van der Waals surface area contributed by atoms with Crippen molar-refractivity contribution >= 4 is 48.3 Å². The second kappa shape index (κ2) is 9.92. The number of aromatic nitrogens is 2. The van der Waals surface area contributed by atoms with E-state index in [0.717, 1.165) is 50.4 Å². The molecule has 2 heterocycles. The first-order chi connectivity index (χ1) is 13.5. The van der Waals surface area contributed by atoms with Gasteiger partial charge in [-0.3, -0.25) is 4.72 Å². The highest BCUT2D eigenvalue weighted by Gasteiger charge is 2.22. The molecule has 0 spiro atoms. The van der Waals surface area contributed by atoms with Crippen LogP contribution in [0.2, 0.25) is 0 Å². The Bertz CT molecular complexity index is 876. The number of benzene rings is 1. The van der Waals surface area contributed by atoms with E-state index >= 15 is 0 Å². The Morgan fingerprint density at radius 2 is 2.14 bits per heavy atom. The minimum Gasteiger partial charge on any atom is -0.384 e. The van der Waals surface area contributed by atoms with Crippen molar-refractivity contribution in [2.45, 2.75) is 30.2 Å². The summed E-state index contributed by atoms with van der Waals surface area (Å²) in [5.41, 5.74) is 0.514. The van der Waals surface area contributed by atoms with Gasteiger partial charge >= 0.3 is 0 Å². The molecule has 28 heavy (non-hydrogen) atoms. The summed E-state index contributed by atoms with van der Waals surface area (Å²) in [6, 6.07) is 2.98. The van der Waals surface area contributed by atoms with Crippen molar-refractivity contribution in [3.8, 4) is 0 Å². The van der Waals surface area contributed by atoms with Gasteiger partial charge in [-0.05, 0) is 60.4 Å². The molecule has 1 aliphatic rings. The highest BCUT2D eigenvalue weighted by Crippen LogP contribution is 2.29. The molecular formula is C16H22BrFN6O2S2. The van der Waals surface area contributed by atoms with Crippen LogP contribution in [0.3, 0.4) is 0 Å². The maximum absolute atomic E-state index is 14.4. The van der Waals surface area contributed by atoms with Crippen LogP contribution in [0.15, 0.2) is 27.8 Å². The van der Waals surface area contributed by atoms with E-state index in [-0.39, 0.29) is 5.13 Å². The fraction of sp³-hybridized carbons (Fsp3) is 0.500. The number of nitrogens with one attached hydrogen (secondary N) is 4. The quantitative estimate of drug-likeness (QED) is 0.377. The number of nitrogens with zero attached hydrogens (tertiary/aromatic N) is 2. The summed E-state index contributed by atoms with van der Waals surface area (Å²) >= 11 is 4.19. The van der Waals surface area contributed by atoms with Crippen LogP contribution >= 0.6 is 27.5 Å². The lowest BCUT2D eigenvalue weighted by atomic mass is 10.2. The van der Waals surface area contributed by atoms with Crippen LogP contribution in [0, 0.1) is 5.82 Å². The fourth-order valence-corrected chi connectivity index (χ4v) is 5.25. The minimum atomic E-state index is -4.08. The Morgan fingerprint density at radius 1 is 1.32 bits per heavy atom. The van der Waals surface area contributed by atoms with Crippen LogP contribution in [-0.4, -0.2) is 50.0 Å². The lowest BCUT2D eigenvalue weighted by molar-refractivity contribution is 0.530. The molecule has 0 aliphatic carbocycles. The molecule has 0 saturated carbocycles. The lowest BCUT2D eigenvalue weighted by Gasteiger charge is -2.13. The molecule has 8 nitrogen and oxygen atoms in total. The molecule has 2 aromatic rings. The topological polar surface area (TPSA) is 108 Å². The summed E-state index contributed by atoms with van der Waals surface area (Å²) in [5.74, 6) is -0.835. The van der Waals surface area contributed by atoms with E-state index in [0.29, 0.717) is 22.7 Å². The minimum absolute atomic E-state index is 0.0831. The van der Waals surface area contributed by atoms with Crippen LogP contribution in [0.1, 0.15) is 19.3 Å². The van der Waals surface area contributed by atoms with Gasteiger partial charge < -0.3 is 16.0 Å². The Morgan fingerprint density at radius 3 is 2.86 bits per heavy atom. The molecule has 0 amide bonds. The van der Waals surface area contributed by atoms with Gasteiger partial charge in [0.1, 0.15) is 17.0 Å². The molecule has 0 bridgehead atoms. The van der Waals surface area contributed by atoms with Crippen LogP contribution in [-0.2, 0) is 10.0 Å². The predicted octanol–water partition coefficient (Wildman–Crippen LogP) is 2.38. The van der Waals surface area contributed by atoms with Crippen molar-refractivity contribution < 1.29 is 12.8 Å². The SMILES string of the molecule is O=S(=O)(Nc1ncns1)c1cc(Br)c(NCCCCN[C@H]2CCNC2)cc1F. The molecule has 1 fully saturated rings. The zero-order valence-electron chi connectivity index (χ0n) is 15.0. The Labute approximate surface area is 176 Å². The molecule has 12 heteroatoms. The van der Waals surface area contributed by atoms with E-state index in [4.69, 9.17) is 0 Å². The van der Waals surface area contributed by atoms with Crippen LogP contribution in [0.4, 0.5) is 15.2 Å². The number of sulfonamides is 1. The van der Waals surface area contributed by atoms with Gasteiger partial charge in [0.15, 0.2) is 0 Å². The summed E-state index contributed by atoms with van der Waals surface area (Å²) in [6.07, 6.45) is 4.30. The van der Waals surface area contributed by atoms with E-state index in [9.17, 15) is 12.8 Å². The predicted molar refractivity (Wildman–Crippen MR) is 112 cm³/mol. The molecule has 4 N–H and O–H groups in total. The third-order valence-electron chi connectivity index (χ3n) is 4.31. The van der Waals surface area contributed by atoms with Crippen molar-refractivity contribution in [3.63, 3.8) is 0 Å². The molecule has 1 atom stereocenters. The summed E-state index contributed by atoms with van der Waals surface area (Å²) in [7, 11) is -4.08. The van der Waals surface area contributed by atoms with Crippen molar-refractivity contribution in [1.29, 1.82) is 0 Å². The van der Waals surface area contributed by atoms with E-state index in [2.05, 4.69) is 46.0 Å². The summed E-state index contributed by atoms with van der Waals surface area (Å²) in [4.78, 5) is 3.30. The average molecular weight is 493 g/mol. The number of hydrogen-bond donors (Lipinski definition) is 4. The van der Waals surface area contributed by atoms with Crippen molar-refractivity contribution in [1.82, 2.24) is 20.0 Å². The van der Waals surface area contributed by atoms with Crippen LogP contribution in [0.5, 0.6) is 0 Å². The van der Waals surface area contributed by atoms with Gasteiger partial charge in [-0.25, -0.2) is 17.8 Å². The van der Waals surface area contributed by atoms with Crippen LogP contribution < -0.4 is 20.7 Å². The second-order valence-electron chi connectivity index (χ2n) is 6.39. The monoisotopic (exact) mass is 492 g/mol. The smallest absolute Gasteiger partial charge is 0.266 e. The number of halogens is 2. The molecule has 1 aromatic heterocycles. The van der Waals surface area contributed by atoms with Gasteiger partial charge in [0.25, 0.3) is 10.0 Å². The van der Waals surface area contributed by atoms with E-state index in [1.54, 1.807) is 0 Å². The Hall–Kier alpha value is -1.34. The molecule has 1 saturated heterocycles. The van der Waals surface area contributed by atoms with Gasteiger partial charge in [0, 0.05) is 35.1 Å². The zero-order valence-corrected chi connectivity index (χ0v) is 18.3. The van der Waals surface area contributed by atoms with Gasteiger partial charge in [0.05, 0.1) is 5.69 Å². The molecule has 3 rings (SSSR count). The third kappa shape index (κ3) is 5.83. The molecule has 1 aliphatic heterocycles. The summed E-state index contributed by atoms with van der Waals surface area (Å²) in [6.45, 7) is 3.70. The number of hydrogen-bond acceptors (Lipinski definition) is 8. The van der Waals surface area contributed by atoms with Gasteiger partial charge in [-0.2, -0.15) is 4.37 Å².